The molecule has 1 amide bonds. The molecule has 1 aliphatic heterocycles. The predicted molar refractivity (Wildman–Crippen MR) is 107 cm³/mol. The molecule has 1 heterocycles. The summed E-state index contributed by atoms with van der Waals surface area (Å²) in [5.41, 5.74) is 2.73. The average molecular weight is 403 g/mol. The molecule has 1 fully saturated rings. The summed E-state index contributed by atoms with van der Waals surface area (Å²) in [5, 5.41) is 5.55. The standard InChI is InChI=1S/C21H20Cl2N2O2/c22-16-5-3-4-14(10-16)12-25(21(26)15-8-9-15)13-17-11-20(24-27-17)18-6-1-2-7-19(18)23/h1-7,10,15,17H,8-9,11-13H2. The summed E-state index contributed by atoms with van der Waals surface area (Å²) in [6.45, 7) is 1.02. The molecule has 0 saturated heterocycles. The van der Waals surface area contributed by atoms with E-state index < -0.39 is 0 Å². The van der Waals surface area contributed by atoms with Crippen LogP contribution in [0.4, 0.5) is 0 Å². The van der Waals surface area contributed by atoms with E-state index in [0.29, 0.717) is 29.6 Å². The molecular formula is C21H20Cl2N2O2. The second-order valence-electron chi connectivity index (χ2n) is 7.07. The SMILES string of the molecule is O=C(C1CC1)N(Cc1cccc(Cl)c1)CC1CC(c2ccccc2Cl)=NO1. The molecule has 0 N–H and O–H groups in total. The Morgan fingerprint density at radius 3 is 2.70 bits per heavy atom. The summed E-state index contributed by atoms with van der Waals surface area (Å²) in [4.78, 5) is 20.3. The van der Waals surface area contributed by atoms with Gasteiger partial charge < -0.3 is 9.74 Å². The summed E-state index contributed by atoms with van der Waals surface area (Å²) in [6.07, 6.45) is 2.40. The van der Waals surface area contributed by atoms with Crippen LogP contribution in [0, 0.1) is 5.92 Å². The fraction of sp³-hybridized carbons (Fsp3) is 0.333. The Balaban J connectivity index is 1.44. The van der Waals surface area contributed by atoms with Crippen molar-refractivity contribution in [3.8, 4) is 0 Å². The number of amides is 1. The molecule has 6 heteroatoms. The van der Waals surface area contributed by atoms with Crippen LogP contribution in [-0.2, 0) is 16.2 Å². The number of oxime groups is 1. The molecule has 140 valence electrons. The quantitative estimate of drug-likeness (QED) is 0.687. The van der Waals surface area contributed by atoms with Gasteiger partial charge >= 0.3 is 0 Å². The lowest BCUT2D eigenvalue weighted by Gasteiger charge is -2.25. The molecule has 1 atom stereocenters. The van der Waals surface area contributed by atoms with E-state index in [2.05, 4.69) is 5.16 Å². The molecule has 0 spiro atoms. The molecular weight excluding hydrogens is 383 g/mol. The van der Waals surface area contributed by atoms with Crippen LogP contribution < -0.4 is 0 Å². The van der Waals surface area contributed by atoms with Crippen LogP contribution in [0.25, 0.3) is 0 Å². The average Bonchev–Trinajstić information content (AvgIpc) is 3.40. The lowest BCUT2D eigenvalue weighted by atomic mass is 10.0. The number of hydrogen-bond acceptors (Lipinski definition) is 3. The Labute approximate surface area is 168 Å². The summed E-state index contributed by atoms with van der Waals surface area (Å²) in [5.74, 6) is 0.333. The molecule has 2 aromatic rings. The first-order valence-corrected chi connectivity index (χ1v) is 9.86. The van der Waals surface area contributed by atoms with E-state index in [0.717, 1.165) is 29.7 Å². The molecule has 4 nitrogen and oxygen atoms in total. The van der Waals surface area contributed by atoms with Crippen LogP contribution in [0.3, 0.4) is 0 Å². The molecule has 0 radical (unpaired) electrons. The van der Waals surface area contributed by atoms with Gasteiger partial charge in [0.1, 0.15) is 0 Å². The van der Waals surface area contributed by atoms with Crippen molar-refractivity contribution >= 4 is 34.8 Å². The summed E-state index contributed by atoms with van der Waals surface area (Å²) in [7, 11) is 0. The van der Waals surface area contributed by atoms with E-state index in [9.17, 15) is 4.79 Å². The zero-order chi connectivity index (χ0) is 18.8. The van der Waals surface area contributed by atoms with Gasteiger partial charge in [-0.3, -0.25) is 4.79 Å². The molecule has 1 aliphatic carbocycles. The first kappa shape index (κ1) is 18.3. The molecule has 0 aromatic heterocycles. The van der Waals surface area contributed by atoms with Crippen molar-refractivity contribution < 1.29 is 9.63 Å². The molecule has 4 rings (SSSR count). The molecule has 1 unspecified atom stereocenters. The van der Waals surface area contributed by atoms with Gasteiger partial charge in [0, 0.05) is 34.5 Å². The van der Waals surface area contributed by atoms with Crippen LogP contribution in [-0.4, -0.2) is 29.2 Å². The van der Waals surface area contributed by atoms with Crippen molar-refractivity contribution in [3.05, 3.63) is 69.7 Å². The highest BCUT2D eigenvalue weighted by Gasteiger charge is 2.35. The Bertz CT molecular complexity index is 880. The van der Waals surface area contributed by atoms with Crippen LogP contribution in [0.5, 0.6) is 0 Å². The normalized spacial score (nSPS) is 18.7. The number of carbonyl (C=O) groups is 1. The number of halogens is 2. The molecule has 2 aromatic carbocycles. The zero-order valence-electron chi connectivity index (χ0n) is 14.8. The van der Waals surface area contributed by atoms with Gasteiger partial charge in [-0.15, -0.1) is 0 Å². The van der Waals surface area contributed by atoms with Gasteiger partial charge in [-0.05, 0) is 36.6 Å². The number of benzene rings is 2. The molecule has 1 saturated carbocycles. The lowest BCUT2D eigenvalue weighted by molar-refractivity contribution is -0.135. The maximum absolute atomic E-state index is 12.8. The molecule has 2 aliphatic rings. The summed E-state index contributed by atoms with van der Waals surface area (Å²) in [6, 6.07) is 15.2. The van der Waals surface area contributed by atoms with Crippen molar-refractivity contribution in [2.75, 3.05) is 6.54 Å². The van der Waals surface area contributed by atoms with E-state index in [1.54, 1.807) is 0 Å². The number of hydrogen-bond donors (Lipinski definition) is 0. The van der Waals surface area contributed by atoms with Crippen molar-refractivity contribution in [1.29, 1.82) is 0 Å². The summed E-state index contributed by atoms with van der Waals surface area (Å²) >= 11 is 12.4. The minimum atomic E-state index is -0.168. The third-order valence-electron chi connectivity index (χ3n) is 4.84. The Kier molecular flexibility index (Phi) is 5.37. The van der Waals surface area contributed by atoms with Crippen molar-refractivity contribution in [2.24, 2.45) is 11.1 Å². The maximum Gasteiger partial charge on any atom is 0.226 e. The third kappa shape index (κ3) is 4.45. The second kappa shape index (κ2) is 7.91. The van der Waals surface area contributed by atoms with Crippen molar-refractivity contribution in [2.45, 2.75) is 31.9 Å². The largest absolute Gasteiger partial charge is 0.390 e. The topological polar surface area (TPSA) is 41.9 Å². The number of carbonyl (C=O) groups excluding carboxylic acids is 1. The Morgan fingerprint density at radius 2 is 1.96 bits per heavy atom. The monoisotopic (exact) mass is 402 g/mol. The minimum absolute atomic E-state index is 0.148. The van der Waals surface area contributed by atoms with Gasteiger partial charge in [0.15, 0.2) is 6.10 Å². The van der Waals surface area contributed by atoms with Crippen LogP contribution in [0.2, 0.25) is 10.0 Å². The van der Waals surface area contributed by atoms with Gasteiger partial charge in [0.25, 0.3) is 0 Å². The molecule has 27 heavy (non-hydrogen) atoms. The van der Waals surface area contributed by atoms with Gasteiger partial charge in [0.2, 0.25) is 5.91 Å². The predicted octanol–water partition coefficient (Wildman–Crippen LogP) is 4.93. The van der Waals surface area contributed by atoms with E-state index in [1.165, 1.54) is 0 Å². The van der Waals surface area contributed by atoms with Crippen LogP contribution >= 0.6 is 23.2 Å². The minimum Gasteiger partial charge on any atom is -0.390 e. The van der Waals surface area contributed by atoms with Gasteiger partial charge in [-0.25, -0.2) is 0 Å². The van der Waals surface area contributed by atoms with Crippen molar-refractivity contribution in [1.82, 2.24) is 4.90 Å². The number of rotatable bonds is 6. The molecule has 0 bridgehead atoms. The first-order chi connectivity index (χ1) is 13.1. The highest BCUT2D eigenvalue weighted by molar-refractivity contribution is 6.34. The first-order valence-electron chi connectivity index (χ1n) is 9.11. The highest BCUT2D eigenvalue weighted by atomic mass is 35.5. The fourth-order valence-electron chi connectivity index (χ4n) is 3.30. The van der Waals surface area contributed by atoms with Gasteiger partial charge in [-0.2, -0.15) is 0 Å². The van der Waals surface area contributed by atoms with E-state index >= 15 is 0 Å². The van der Waals surface area contributed by atoms with E-state index in [-0.39, 0.29) is 17.9 Å². The zero-order valence-corrected chi connectivity index (χ0v) is 16.3. The van der Waals surface area contributed by atoms with Gasteiger partial charge in [0.05, 0.1) is 12.3 Å². The second-order valence-corrected chi connectivity index (χ2v) is 7.92. The highest BCUT2D eigenvalue weighted by Crippen LogP contribution is 2.32. The fourth-order valence-corrected chi connectivity index (χ4v) is 3.76. The third-order valence-corrected chi connectivity index (χ3v) is 5.41. The Hall–Kier alpha value is -2.04. The van der Waals surface area contributed by atoms with Gasteiger partial charge in [-0.1, -0.05) is 58.7 Å². The smallest absolute Gasteiger partial charge is 0.226 e. The summed E-state index contributed by atoms with van der Waals surface area (Å²) < 4.78 is 0. The van der Waals surface area contributed by atoms with Crippen molar-refractivity contribution in [3.63, 3.8) is 0 Å². The van der Waals surface area contributed by atoms with Crippen LogP contribution in [0.1, 0.15) is 30.4 Å². The van der Waals surface area contributed by atoms with E-state index in [4.69, 9.17) is 28.0 Å². The number of nitrogens with zero attached hydrogens (tertiary/aromatic N) is 2. The lowest BCUT2D eigenvalue weighted by Crippen LogP contribution is -2.38. The van der Waals surface area contributed by atoms with E-state index in [1.807, 2.05) is 53.4 Å². The maximum atomic E-state index is 12.8. The van der Waals surface area contributed by atoms with Crippen LogP contribution in [0.15, 0.2) is 53.7 Å². The Morgan fingerprint density at radius 1 is 1.15 bits per heavy atom.